The van der Waals surface area contributed by atoms with Crippen molar-refractivity contribution in [1.29, 1.82) is 0 Å². The molecule has 0 spiro atoms. The average molecular weight is 486 g/mol. The summed E-state index contributed by atoms with van der Waals surface area (Å²) in [6.45, 7) is 3.23. The Morgan fingerprint density at radius 2 is 0.903 bits per heavy atom. The summed E-state index contributed by atoms with van der Waals surface area (Å²) in [5.74, 6) is -46.3. The predicted octanol–water partition coefficient (Wildman–Crippen LogP) is 7.25. The van der Waals surface area contributed by atoms with Gasteiger partial charge in [-0.25, -0.2) is 0 Å². The van der Waals surface area contributed by atoms with Gasteiger partial charge < -0.3 is 0 Å². The van der Waals surface area contributed by atoms with Crippen molar-refractivity contribution >= 4 is 6.08 Å². The summed E-state index contributed by atoms with van der Waals surface area (Å²) >= 11 is 0. The van der Waals surface area contributed by atoms with Crippen molar-refractivity contribution in [1.82, 2.24) is 0 Å². The molecule has 0 saturated carbocycles. The highest BCUT2D eigenvalue weighted by molar-refractivity contribution is 5.47. The maximum absolute atomic E-state index is 13.8. The summed E-state index contributed by atoms with van der Waals surface area (Å²) in [6, 6.07) is 3.09. The Balaban J connectivity index is 3.47. The van der Waals surface area contributed by atoms with Gasteiger partial charge in [0, 0.05) is 6.42 Å². The van der Waals surface area contributed by atoms with Gasteiger partial charge >= 0.3 is 41.7 Å². The zero-order valence-corrected chi connectivity index (χ0v) is 14.5. The van der Waals surface area contributed by atoms with Gasteiger partial charge in [-0.2, -0.15) is 65.9 Å². The number of hydrogen-bond donors (Lipinski definition) is 0. The molecule has 0 aliphatic carbocycles. The number of benzene rings is 1. The van der Waals surface area contributed by atoms with Gasteiger partial charge in [0.05, 0.1) is 0 Å². The molecular formula is C16H9F15. The summed E-state index contributed by atoms with van der Waals surface area (Å²) < 4.78 is 196. The van der Waals surface area contributed by atoms with Crippen LogP contribution in [0.5, 0.6) is 0 Å². The van der Waals surface area contributed by atoms with Crippen LogP contribution in [-0.2, 0) is 6.42 Å². The molecule has 0 aliphatic rings. The van der Waals surface area contributed by atoms with Crippen molar-refractivity contribution < 1.29 is 65.9 Å². The monoisotopic (exact) mass is 486 g/mol. The lowest BCUT2D eigenvalue weighted by molar-refractivity contribution is -0.452. The number of hydrogen-bond acceptors (Lipinski definition) is 0. The highest BCUT2D eigenvalue weighted by Gasteiger charge is 2.93. The summed E-state index contributed by atoms with van der Waals surface area (Å²) in [4.78, 5) is 0. The van der Waals surface area contributed by atoms with Crippen LogP contribution in [0.2, 0.25) is 0 Å². The van der Waals surface area contributed by atoms with E-state index in [4.69, 9.17) is 0 Å². The van der Waals surface area contributed by atoms with E-state index in [0.29, 0.717) is 12.1 Å². The van der Waals surface area contributed by atoms with E-state index in [0.717, 1.165) is 18.2 Å². The molecule has 0 heterocycles. The molecule has 0 atom stereocenters. The Bertz CT molecular complexity index is 786. The molecule has 0 nitrogen and oxygen atoms in total. The third kappa shape index (κ3) is 3.95. The first-order valence-corrected chi connectivity index (χ1v) is 7.56. The van der Waals surface area contributed by atoms with E-state index in [1.54, 1.807) is 0 Å². The van der Waals surface area contributed by atoms with Crippen molar-refractivity contribution in [2.24, 2.45) is 0 Å². The van der Waals surface area contributed by atoms with Gasteiger partial charge in [0.2, 0.25) is 0 Å². The zero-order valence-electron chi connectivity index (χ0n) is 14.5. The third-order valence-electron chi connectivity index (χ3n) is 4.03. The summed E-state index contributed by atoms with van der Waals surface area (Å²) in [5.41, 5.74) is -0.716. The molecule has 31 heavy (non-hydrogen) atoms. The Morgan fingerprint density at radius 3 is 1.26 bits per heavy atom. The van der Waals surface area contributed by atoms with E-state index in [-0.39, 0.29) is 5.56 Å². The average Bonchev–Trinajstić information content (AvgIpc) is 2.60. The second-order valence-electron chi connectivity index (χ2n) is 6.20. The van der Waals surface area contributed by atoms with Crippen molar-refractivity contribution in [3.05, 3.63) is 42.0 Å². The Morgan fingerprint density at radius 1 is 0.548 bits per heavy atom. The van der Waals surface area contributed by atoms with Gasteiger partial charge in [-0.1, -0.05) is 36.9 Å². The highest BCUT2D eigenvalue weighted by Crippen LogP contribution is 2.62. The summed E-state index contributed by atoms with van der Waals surface area (Å²) in [5, 5.41) is 0. The van der Waals surface area contributed by atoms with Crippen LogP contribution in [0.25, 0.3) is 6.08 Å². The Hall–Kier alpha value is -2.09. The van der Waals surface area contributed by atoms with Crippen LogP contribution in [0.3, 0.4) is 0 Å². The lowest BCUT2D eigenvalue weighted by Crippen LogP contribution is -2.72. The van der Waals surface area contributed by atoms with E-state index in [2.05, 4.69) is 6.58 Å². The molecule has 0 N–H and O–H groups in total. The van der Waals surface area contributed by atoms with E-state index >= 15 is 0 Å². The van der Waals surface area contributed by atoms with Gasteiger partial charge in [0.25, 0.3) is 0 Å². The first-order valence-electron chi connectivity index (χ1n) is 7.56. The van der Waals surface area contributed by atoms with E-state index in [1.165, 1.54) is 0 Å². The van der Waals surface area contributed by atoms with Crippen LogP contribution in [-0.4, -0.2) is 41.7 Å². The second-order valence-corrected chi connectivity index (χ2v) is 6.20. The lowest BCUT2D eigenvalue weighted by atomic mass is 9.89. The van der Waals surface area contributed by atoms with Gasteiger partial charge in [-0.15, -0.1) is 0 Å². The Labute approximate surface area is 163 Å². The standard InChI is InChI=1S/C16H9F15/c1-2-8-3-5-9(6-4-8)7-10(17,18)11(19,20)12(21,22)13(23,24)14(25,26)15(27,28)16(29,30)31/h2-6H,1,7H2. The second kappa shape index (κ2) is 7.50. The molecule has 0 saturated heterocycles. The fourth-order valence-corrected chi connectivity index (χ4v) is 2.14. The summed E-state index contributed by atoms with van der Waals surface area (Å²) in [6.07, 6.45) is -8.97. The molecule has 0 amide bonds. The van der Waals surface area contributed by atoms with Gasteiger partial charge in [0.15, 0.2) is 0 Å². The van der Waals surface area contributed by atoms with Crippen LogP contribution >= 0.6 is 0 Å². The van der Waals surface area contributed by atoms with Gasteiger partial charge in [-0.05, 0) is 11.1 Å². The molecule has 1 rings (SSSR count). The first kappa shape index (κ1) is 26.9. The van der Waals surface area contributed by atoms with Gasteiger partial charge in [0.1, 0.15) is 0 Å². The highest BCUT2D eigenvalue weighted by atomic mass is 19.4. The van der Waals surface area contributed by atoms with Crippen molar-refractivity contribution in [2.45, 2.75) is 48.1 Å². The quantitative estimate of drug-likeness (QED) is 0.340. The van der Waals surface area contributed by atoms with Crippen molar-refractivity contribution in [2.75, 3.05) is 0 Å². The minimum absolute atomic E-state index is 0.199. The minimum atomic E-state index is -8.27. The molecule has 0 aromatic heterocycles. The van der Waals surface area contributed by atoms with E-state index in [9.17, 15) is 65.9 Å². The lowest BCUT2D eigenvalue weighted by Gasteiger charge is -2.41. The molecule has 15 heteroatoms. The molecule has 0 aliphatic heterocycles. The smallest absolute Gasteiger partial charge is 0.199 e. The molecule has 1 aromatic rings. The van der Waals surface area contributed by atoms with Crippen molar-refractivity contribution in [3.8, 4) is 0 Å². The number of rotatable bonds is 8. The van der Waals surface area contributed by atoms with E-state index in [1.807, 2.05) is 0 Å². The molecular weight excluding hydrogens is 477 g/mol. The molecule has 0 fully saturated rings. The maximum Gasteiger partial charge on any atom is 0.460 e. The minimum Gasteiger partial charge on any atom is -0.199 e. The largest absolute Gasteiger partial charge is 0.460 e. The SMILES string of the molecule is C=Cc1ccc(CC(F)(F)C(F)(F)C(F)(F)C(F)(F)C(F)(F)C(F)(F)C(F)(F)F)cc1. The van der Waals surface area contributed by atoms with Crippen molar-refractivity contribution in [3.63, 3.8) is 0 Å². The normalized spacial score (nSPS) is 15.2. The zero-order chi connectivity index (χ0) is 24.9. The molecule has 0 unspecified atom stereocenters. The van der Waals surface area contributed by atoms with Crippen LogP contribution in [0.1, 0.15) is 11.1 Å². The van der Waals surface area contributed by atoms with Crippen LogP contribution in [0, 0.1) is 0 Å². The fraction of sp³-hybridized carbons (Fsp3) is 0.500. The first-order chi connectivity index (χ1) is 13.5. The molecule has 0 radical (unpaired) electrons. The molecule has 178 valence electrons. The summed E-state index contributed by atoms with van der Waals surface area (Å²) in [7, 11) is 0. The maximum atomic E-state index is 13.8. The van der Waals surface area contributed by atoms with E-state index < -0.39 is 53.7 Å². The third-order valence-corrected chi connectivity index (χ3v) is 4.03. The number of alkyl halides is 15. The fourth-order valence-electron chi connectivity index (χ4n) is 2.14. The van der Waals surface area contributed by atoms with Crippen LogP contribution in [0.4, 0.5) is 65.9 Å². The Kier molecular flexibility index (Phi) is 6.52. The van der Waals surface area contributed by atoms with Crippen LogP contribution in [0.15, 0.2) is 30.8 Å². The van der Waals surface area contributed by atoms with Gasteiger partial charge in [-0.3, -0.25) is 0 Å². The molecule has 0 bridgehead atoms. The van der Waals surface area contributed by atoms with Crippen LogP contribution < -0.4 is 0 Å². The topological polar surface area (TPSA) is 0 Å². The molecule has 1 aromatic carbocycles. The predicted molar refractivity (Wildman–Crippen MR) is 76.0 cm³/mol. The number of halogens is 15.